The molecule has 0 unspecified atom stereocenters. The van der Waals surface area contributed by atoms with Gasteiger partial charge < -0.3 is 14.2 Å². The molecular formula is C29H29F4N7O. The Balaban J connectivity index is 1.22. The number of aromatic nitrogens is 6. The molecular weight excluding hydrogens is 538 g/mol. The van der Waals surface area contributed by atoms with E-state index in [4.69, 9.17) is 9.84 Å². The molecule has 2 saturated carbocycles. The van der Waals surface area contributed by atoms with E-state index >= 15 is 4.39 Å². The molecule has 3 aliphatic rings. The first-order valence-electron chi connectivity index (χ1n) is 13.8. The van der Waals surface area contributed by atoms with Crippen molar-refractivity contribution < 1.29 is 22.3 Å². The van der Waals surface area contributed by atoms with Crippen molar-refractivity contribution in [2.45, 2.75) is 64.3 Å². The Morgan fingerprint density at radius 3 is 2.56 bits per heavy atom. The highest BCUT2D eigenvalue weighted by molar-refractivity contribution is 5.72. The van der Waals surface area contributed by atoms with E-state index < -0.39 is 17.7 Å². The number of rotatable bonds is 7. The van der Waals surface area contributed by atoms with Gasteiger partial charge in [0, 0.05) is 43.2 Å². The predicted octanol–water partition coefficient (Wildman–Crippen LogP) is 6.07. The molecule has 1 spiro atoms. The maximum atomic E-state index is 15.4. The number of nitrogens with zero attached hydrogens (tertiary/aromatic N) is 7. The Morgan fingerprint density at radius 2 is 1.90 bits per heavy atom. The van der Waals surface area contributed by atoms with Crippen LogP contribution in [0.2, 0.25) is 0 Å². The van der Waals surface area contributed by atoms with Crippen molar-refractivity contribution in [3.8, 4) is 28.5 Å². The summed E-state index contributed by atoms with van der Waals surface area (Å²) in [4.78, 5) is 14.8. The minimum absolute atomic E-state index is 0.0352. The summed E-state index contributed by atoms with van der Waals surface area (Å²) >= 11 is 0. The number of methoxy groups -OCH3 is 1. The number of alkyl halides is 3. The highest BCUT2D eigenvalue weighted by atomic mass is 19.4. The predicted molar refractivity (Wildman–Crippen MR) is 143 cm³/mol. The second-order valence-electron chi connectivity index (χ2n) is 11.4. The first-order valence-corrected chi connectivity index (χ1v) is 13.8. The van der Waals surface area contributed by atoms with Gasteiger partial charge in [-0.1, -0.05) is 6.07 Å². The van der Waals surface area contributed by atoms with Gasteiger partial charge in [0.25, 0.3) is 0 Å². The number of imidazole rings is 1. The number of benzene rings is 1. The number of halogens is 4. The molecule has 0 radical (unpaired) electrons. The fourth-order valence-corrected chi connectivity index (χ4v) is 5.89. The van der Waals surface area contributed by atoms with Crippen LogP contribution in [-0.4, -0.2) is 43.0 Å². The van der Waals surface area contributed by atoms with E-state index in [-0.39, 0.29) is 23.3 Å². The number of hydrogen-bond acceptors (Lipinski definition) is 6. The van der Waals surface area contributed by atoms with Crippen LogP contribution in [0, 0.1) is 11.2 Å². The van der Waals surface area contributed by atoms with Crippen molar-refractivity contribution in [3.63, 3.8) is 0 Å². The lowest BCUT2D eigenvalue weighted by atomic mass is 10.0. The van der Waals surface area contributed by atoms with Gasteiger partial charge in [0.15, 0.2) is 5.69 Å². The number of ether oxygens (including phenoxy) is 1. The van der Waals surface area contributed by atoms with Gasteiger partial charge in [0.2, 0.25) is 5.88 Å². The van der Waals surface area contributed by atoms with E-state index in [1.165, 1.54) is 23.0 Å². The monoisotopic (exact) mass is 567 g/mol. The van der Waals surface area contributed by atoms with Crippen LogP contribution in [0.25, 0.3) is 22.6 Å². The van der Waals surface area contributed by atoms with E-state index in [1.54, 1.807) is 20.1 Å². The summed E-state index contributed by atoms with van der Waals surface area (Å²) in [7, 11) is 1.60. The molecule has 7 rings (SSSR count). The van der Waals surface area contributed by atoms with Crippen LogP contribution < -0.4 is 9.64 Å². The maximum Gasteiger partial charge on any atom is 0.434 e. The molecule has 2 aliphatic carbocycles. The average molecular weight is 568 g/mol. The Morgan fingerprint density at radius 1 is 1.10 bits per heavy atom. The van der Waals surface area contributed by atoms with E-state index in [0.29, 0.717) is 23.9 Å². The van der Waals surface area contributed by atoms with E-state index in [1.807, 2.05) is 10.7 Å². The SMILES string of the molecule is CCn1cc(C(F)(F)F)nc1-c1ccc(CN2CC3(CC3)Cn3nc(-c4c(OC)ncnc4C4CC4)cc32)cc1F. The molecule has 8 nitrogen and oxygen atoms in total. The summed E-state index contributed by atoms with van der Waals surface area (Å²) < 4.78 is 64.2. The quantitative estimate of drug-likeness (QED) is 0.253. The molecule has 1 aromatic carbocycles. The second-order valence-corrected chi connectivity index (χ2v) is 11.4. The van der Waals surface area contributed by atoms with Crippen LogP contribution in [0.15, 0.2) is 36.8 Å². The number of hydrogen-bond donors (Lipinski definition) is 0. The van der Waals surface area contributed by atoms with Crippen molar-refractivity contribution in [1.82, 2.24) is 29.3 Å². The molecule has 0 atom stereocenters. The number of aryl methyl sites for hydroxylation is 1. The minimum atomic E-state index is -4.60. The molecule has 0 N–H and O–H groups in total. The van der Waals surface area contributed by atoms with Crippen LogP contribution in [0.1, 0.15) is 55.5 Å². The van der Waals surface area contributed by atoms with Crippen LogP contribution in [0.3, 0.4) is 0 Å². The normalized spacial score (nSPS) is 17.7. The Kier molecular flexibility index (Phi) is 5.88. The van der Waals surface area contributed by atoms with Crippen LogP contribution in [-0.2, 0) is 25.8 Å². The number of fused-ring (bicyclic) bond motifs is 1. The first-order chi connectivity index (χ1) is 19.7. The summed E-state index contributed by atoms with van der Waals surface area (Å²) in [6.07, 6.45) is 2.20. The van der Waals surface area contributed by atoms with Gasteiger partial charge in [-0.25, -0.2) is 24.0 Å². The zero-order chi connectivity index (χ0) is 28.5. The first kappa shape index (κ1) is 26.0. The van der Waals surface area contributed by atoms with Crippen molar-refractivity contribution in [1.29, 1.82) is 0 Å². The molecule has 0 amide bonds. The second kappa shape index (κ2) is 9.28. The summed E-state index contributed by atoms with van der Waals surface area (Å²) in [6, 6.07) is 6.71. The maximum absolute atomic E-state index is 15.4. The van der Waals surface area contributed by atoms with Crippen LogP contribution in [0.5, 0.6) is 5.88 Å². The molecule has 0 bridgehead atoms. The lowest BCUT2D eigenvalue weighted by Crippen LogP contribution is -2.39. The third-order valence-corrected chi connectivity index (χ3v) is 8.36. The van der Waals surface area contributed by atoms with E-state index in [0.717, 1.165) is 67.7 Å². The average Bonchev–Trinajstić information content (AvgIpc) is 3.83. The Labute approximate surface area is 234 Å². The van der Waals surface area contributed by atoms with Gasteiger partial charge in [0.1, 0.15) is 29.5 Å². The molecule has 1 aliphatic heterocycles. The standard InChI is InChI=1S/C29H29F4N7O/c1-3-38-13-22(29(31,32)33)36-26(38)19-7-4-17(10-20(19)30)12-39-14-28(8-9-28)15-40-23(39)11-21(37-40)24-25(18-5-6-18)34-16-35-27(24)41-2/h4,7,10-11,13,16,18H,3,5-6,8-9,12,14-15H2,1-2H3. The van der Waals surface area contributed by atoms with Gasteiger partial charge in [0.05, 0.1) is 30.5 Å². The largest absolute Gasteiger partial charge is 0.480 e. The molecule has 3 aromatic heterocycles. The molecule has 2 fully saturated rings. The van der Waals surface area contributed by atoms with Crippen LogP contribution >= 0.6 is 0 Å². The van der Waals surface area contributed by atoms with Gasteiger partial charge in [-0.2, -0.15) is 18.3 Å². The fourth-order valence-electron chi connectivity index (χ4n) is 5.89. The molecule has 4 heterocycles. The van der Waals surface area contributed by atoms with E-state index in [2.05, 4.69) is 19.9 Å². The summed E-state index contributed by atoms with van der Waals surface area (Å²) in [5.41, 5.74) is 2.39. The third-order valence-electron chi connectivity index (χ3n) is 8.36. The molecule has 4 aromatic rings. The third kappa shape index (κ3) is 4.62. The fraction of sp³-hybridized carbons (Fsp3) is 0.448. The van der Waals surface area contributed by atoms with Crippen molar-refractivity contribution >= 4 is 5.82 Å². The number of anilines is 1. The summed E-state index contributed by atoms with van der Waals surface area (Å²) in [5.74, 6) is 1.16. The highest BCUT2D eigenvalue weighted by Crippen LogP contribution is 2.52. The van der Waals surface area contributed by atoms with E-state index in [9.17, 15) is 13.2 Å². The Hall–Kier alpha value is -3.96. The van der Waals surface area contributed by atoms with Gasteiger partial charge in [-0.15, -0.1) is 0 Å². The van der Waals surface area contributed by atoms with Crippen LogP contribution in [0.4, 0.5) is 23.4 Å². The molecule has 214 valence electrons. The zero-order valence-electron chi connectivity index (χ0n) is 22.7. The lowest BCUT2D eigenvalue weighted by Gasteiger charge is -2.35. The Bertz CT molecular complexity index is 1630. The van der Waals surface area contributed by atoms with Crippen molar-refractivity contribution in [2.75, 3.05) is 18.6 Å². The zero-order valence-corrected chi connectivity index (χ0v) is 22.7. The molecule has 41 heavy (non-hydrogen) atoms. The van der Waals surface area contributed by atoms with Gasteiger partial charge in [-0.3, -0.25) is 0 Å². The minimum Gasteiger partial charge on any atom is -0.480 e. The summed E-state index contributed by atoms with van der Waals surface area (Å²) in [5, 5.41) is 4.98. The van der Waals surface area contributed by atoms with Gasteiger partial charge >= 0.3 is 6.18 Å². The van der Waals surface area contributed by atoms with Crippen molar-refractivity contribution in [2.24, 2.45) is 5.41 Å². The molecule has 0 saturated heterocycles. The van der Waals surface area contributed by atoms with Crippen molar-refractivity contribution in [3.05, 3.63) is 59.6 Å². The van der Waals surface area contributed by atoms with Gasteiger partial charge in [-0.05, 0) is 50.3 Å². The highest BCUT2D eigenvalue weighted by Gasteiger charge is 2.48. The topological polar surface area (TPSA) is 73.9 Å². The smallest absolute Gasteiger partial charge is 0.434 e. The molecule has 12 heteroatoms. The summed E-state index contributed by atoms with van der Waals surface area (Å²) in [6.45, 7) is 3.99. The lowest BCUT2D eigenvalue weighted by molar-refractivity contribution is -0.140.